The Labute approximate surface area is 236 Å². The topological polar surface area (TPSA) is 142 Å². The lowest BCUT2D eigenvalue weighted by atomic mass is 10.2. The van der Waals surface area contributed by atoms with E-state index in [1.54, 1.807) is 35.4 Å². The molecule has 0 aliphatic carbocycles. The van der Waals surface area contributed by atoms with Gasteiger partial charge in [0.1, 0.15) is 17.3 Å². The summed E-state index contributed by atoms with van der Waals surface area (Å²) in [4.78, 5) is 27.2. The van der Waals surface area contributed by atoms with Crippen LogP contribution in [0.1, 0.15) is 0 Å². The summed E-state index contributed by atoms with van der Waals surface area (Å²) in [6, 6.07) is 10.2. The Kier molecular flexibility index (Phi) is 7.82. The molecule has 13 nitrogen and oxygen atoms in total. The van der Waals surface area contributed by atoms with Crippen LogP contribution in [0.4, 0.5) is 22.0 Å². The van der Waals surface area contributed by atoms with Gasteiger partial charge in [-0.15, -0.1) is 0 Å². The van der Waals surface area contributed by atoms with E-state index < -0.39 is 0 Å². The van der Waals surface area contributed by atoms with E-state index in [0.29, 0.717) is 67.2 Å². The Morgan fingerprint density at radius 1 is 1.10 bits per heavy atom. The fraction of sp³-hybridized carbons (Fsp3) is 0.407. The van der Waals surface area contributed by atoms with Gasteiger partial charge in [-0.3, -0.25) is 9.69 Å². The number of amides is 1. The van der Waals surface area contributed by atoms with Crippen LogP contribution in [-0.4, -0.2) is 107 Å². The highest BCUT2D eigenvalue weighted by Gasteiger charge is 2.21. The maximum Gasteiger partial charge on any atom is 0.260 e. The van der Waals surface area contributed by atoms with Crippen molar-refractivity contribution in [2.75, 3.05) is 88.0 Å². The van der Waals surface area contributed by atoms with Crippen molar-refractivity contribution < 1.29 is 18.3 Å². The van der Waals surface area contributed by atoms with Crippen LogP contribution in [0.2, 0.25) is 0 Å². The predicted molar refractivity (Wildman–Crippen MR) is 151 cm³/mol. The Morgan fingerprint density at radius 2 is 1.93 bits per heavy atom. The molecule has 1 aromatic carbocycles. The maximum atomic E-state index is 14.9. The van der Waals surface area contributed by atoms with Gasteiger partial charge >= 0.3 is 0 Å². The first kappa shape index (κ1) is 26.8. The average Bonchev–Trinajstić information content (AvgIpc) is 3.68. The Balaban J connectivity index is 0.964. The summed E-state index contributed by atoms with van der Waals surface area (Å²) in [6.45, 7) is 7.15. The summed E-state index contributed by atoms with van der Waals surface area (Å²) in [7, 11) is 0. The molecule has 0 radical (unpaired) electrons. The second-order valence-electron chi connectivity index (χ2n) is 9.97. The van der Waals surface area contributed by atoms with Crippen molar-refractivity contribution in [2.24, 2.45) is 0 Å². The lowest BCUT2D eigenvalue weighted by molar-refractivity contribution is -0.133. The number of nitrogens with one attached hydrogen (secondary N) is 2. The van der Waals surface area contributed by atoms with Crippen LogP contribution in [0.5, 0.6) is 5.75 Å². The molecule has 0 bridgehead atoms. The number of carbonyl (C=O) groups excluding carboxylic acids is 1. The van der Waals surface area contributed by atoms with Crippen LogP contribution in [0.3, 0.4) is 0 Å². The third-order valence-corrected chi connectivity index (χ3v) is 7.30. The molecule has 4 N–H and O–H groups in total. The molecule has 3 aromatic heterocycles. The number of hydrogen-bond donors (Lipinski definition) is 3. The van der Waals surface area contributed by atoms with Crippen LogP contribution in [-0.2, 0) is 4.79 Å². The Morgan fingerprint density at radius 3 is 2.68 bits per heavy atom. The molecule has 14 heteroatoms. The molecular formula is C27H33FN10O3. The summed E-state index contributed by atoms with van der Waals surface area (Å²) in [5, 5.41) is 10.9. The van der Waals surface area contributed by atoms with E-state index in [1.807, 2.05) is 11.0 Å². The van der Waals surface area contributed by atoms with Gasteiger partial charge in [0.05, 0.1) is 12.0 Å². The number of fused-ring (bicyclic) bond motifs is 1. The van der Waals surface area contributed by atoms with E-state index in [0.717, 1.165) is 32.7 Å². The number of nitrogens with zero attached hydrogens (tertiary/aromatic N) is 7. The second kappa shape index (κ2) is 12.0. The van der Waals surface area contributed by atoms with Crippen molar-refractivity contribution in [1.29, 1.82) is 0 Å². The molecule has 0 unspecified atom stereocenters. The number of anilines is 3. The first-order valence-electron chi connectivity index (χ1n) is 13.7. The van der Waals surface area contributed by atoms with Gasteiger partial charge < -0.3 is 35.3 Å². The average molecular weight is 565 g/mol. The highest BCUT2D eigenvalue weighted by molar-refractivity contribution is 5.78. The van der Waals surface area contributed by atoms with Crippen LogP contribution >= 0.6 is 0 Å². The van der Waals surface area contributed by atoms with Crippen LogP contribution in [0.25, 0.3) is 17.1 Å². The number of piperazine rings is 2. The third-order valence-electron chi connectivity index (χ3n) is 7.30. The molecule has 6 rings (SSSR count). The number of hydrogen-bond acceptors (Lipinski definition) is 11. The molecule has 2 saturated heterocycles. The fourth-order valence-corrected chi connectivity index (χ4v) is 5.06. The van der Waals surface area contributed by atoms with Crippen molar-refractivity contribution in [3.63, 3.8) is 0 Å². The first-order chi connectivity index (χ1) is 20.0. The summed E-state index contributed by atoms with van der Waals surface area (Å²) < 4.78 is 27.4. The molecule has 5 heterocycles. The van der Waals surface area contributed by atoms with Gasteiger partial charge in [-0.25, -0.2) is 4.39 Å². The van der Waals surface area contributed by atoms with Gasteiger partial charge in [0.2, 0.25) is 11.9 Å². The lowest BCUT2D eigenvalue weighted by Crippen LogP contribution is -2.48. The largest absolute Gasteiger partial charge is 0.484 e. The van der Waals surface area contributed by atoms with Gasteiger partial charge in [-0.2, -0.15) is 19.6 Å². The first-order valence-corrected chi connectivity index (χ1v) is 13.7. The number of furan rings is 1. The minimum Gasteiger partial charge on any atom is -0.484 e. The van der Waals surface area contributed by atoms with Crippen molar-refractivity contribution in [3.8, 4) is 17.2 Å². The van der Waals surface area contributed by atoms with Crippen molar-refractivity contribution in [2.45, 2.75) is 0 Å². The normalized spacial score (nSPS) is 16.3. The van der Waals surface area contributed by atoms with Crippen LogP contribution in [0.15, 0.2) is 47.1 Å². The van der Waals surface area contributed by atoms with Crippen molar-refractivity contribution in [3.05, 3.63) is 48.5 Å². The van der Waals surface area contributed by atoms with Crippen LogP contribution < -0.4 is 26.0 Å². The number of halogens is 1. The van der Waals surface area contributed by atoms with E-state index in [-0.39, 0.29) is 24.3 Å². The summed E-state index contributed by atoms with van der Waals surface area (Å²) >= 11 is 0. The second-order valence-corrected chi connectivity index (χ2v) is 9.97. The number of nitrogen functional groups attached to an aromatic ring is 1. The van der Waals surface area contributed by atoms with E-state index in [2.05, 4.69) is 30.6 Å². The molecule has 0 saturated carbocycles. The number of ether oxygens (including phenoxy) is 1. The maximum absolute atomic E-state index is 14.9. The summed E-state index contributed by atoms with van der Waals surface area (Å²) in [5.74, 6) is 1.21. The Bertz CT molecular complexity index is 1480. The van der Waals surface area contributed by atoms with Gasteiger partial charge in [0.15, 0.2) is 18.0 Å². The van der Waals surface area contributed by atoms with Crippen LogP contribution in [0, 0.1) is 5.82 Å². The Hall–Kier alpha value is -4.43. The van der Waals surface area contributed by atoms with Crippen molar-refractivity contribution >= 4 is 29.1 Å². The molecule has 216 valence electrons. The van der Waals surface area contributed by atoms with Gasteiger partial charge in [0, 0.05) is 77.6 Å². The van der Waals surface area contributed by atoms with E-state index in [1.165, 1.54) is 10.6 Å². The highest BCUT2D eigenvalue weighted by Crippen LogP contribution is 2.25. The minimum atomic E-state index is -0.354. The molecule has 41 heavy (non-hydrogen) atoms. The van der Waals surface area contributed by atoms with E-state index >= 15 is 0 Å². The molecule has 0 spiro atoms. The number of aromatic nitrogens is 4. The zero-order valence-corrected chi connectivity index (χ0v) is 22.6. The smallest absolute Gasteiger partial charge is 0.260 e. The number of benzene rings is 1. The SMILES string of the molecule is Nc1nc(NCCN2CCN(c3ccc(OCC(=O)N4CCNCC4)cc3F)CC2)nc2cc(-c3ccco3)nn12. The van der Waals surface area contributed by atoms with Crippen molar-refractivity contribution in [1.82, 2.24) is 34.7 Å². The zero-order chi connectivity index (χ0) is 28.2. The molecule has 2 aliphatic heterocycles. The van der Waals surface area contributed by atoms with Gasteiger partial charge in [0.25, 0.3) is 5.91 Å². The number of rotatable bonds is 9. The lowest BCUT2D eigenvalue weighted by Gasteiger charge is -2.36. The number of nitrogens with two attached hydrogens (primary N) is 1. The molecule has 0 atom stereocenters. The van der Waals surface area contributed by atoms with E-state index in [9.17, 15) is 9.18 Å². The van der Waals surface area contributed by atoms with Gasteiger partial charge in [-0.05, 0) is 24.3 Å². The summed E-state index contributed by atoms with van der Waals surface area (Å²) in [6.07, 6.45) is 1.59. The molecular weight excluding hydrogens is 531 g/mol. The molecule has 1 amide bonds. The van der Waals surface area contributed by atoms with E-state index in [4.69, 9.17) is 14.9 Å². The standard InChI is InChI=1S/C27H33FN10O3/c28-20-16-19(41-18-25(39)37-9-5-30-6-10-37)3-4-22(20)36-13-11-35(12-14-36)8-7-31-27-32-24-17-21(23-2-1-15-40-23)34-38(24)26(29)33-27/h1-4,15-17,30H,5-14,18H2,(H3,29,31,32,33). The highest BCUT2D eigenvalue weighted by atomic mass is 19.1. The molecule has 2 aliphatic rings. The summed E-state index contributed by atoms with van der Waals surface area (Å²) in [5.41, 5.74) is 7.84. The molecule has 2 fully saturated rings. The predicted octanol–water partition coefficient (Wildman–Crippen LogP) is 1.15. The zero-order valence-electron chi connectivity index (χ0n) is 22.6. The minimum absolute atomic E-state index is 0.0850. The molecule has 4 aromatic rings. The third kappa shape index (κ3) is 6.18. The number of carbonyl (C=O) groups is 1. The van der Waals surface area contributed by atoms with Gasteiger partial charge in [-0.1, -0.05) is 0 Å². The fourth-order valence-electron chi connectivity index (χ4n) is 5.06. The quantitative estimate of drug-likeness (QED) is 0.269. The monoisotopic (exact) mass is 564 g/mol.